The summed E-state index contributed by atoms with van der Waals surface area (Å²) in [4.78, 5) is 43.6. The SMILES string of the molecule is CCN(CC)C(=O)C1CCN(C(=O)c2ccc(NC(=O)NC34CC5C[C@@](C)(C3)C[C@](C)(C5)C4)c(F)c2)C(c2cccc(F)c2)C1. The molecular formula is C36H46F2N4O3. The average Bonchev–Trinajstić information content (AvgIpc) is 2.96. The minimum atomic E-state index is -0.700. The second kappa shape index (κ2) is 11.7. The van der Waals surface area contributed by atoms with Crippen LogP contribution in [0.3, 0.4) is 0 Å². The van der Waals surface area contributed by atoms with Crippen molar-refractivity contribution in [3.8, 4) is 0 Å². The summed E-state index contributed by atoms with van der Waals surface area (Å²) in [6.45, 7) is 10.0. The van der Waals surface area contributed by atoms with Crippen LogP contribution in [-0.2, 0) is 4.79 Å². The summed E-state index contributed by atoms with van der Waals surface area (Å²) in [6, 6.07) is 9.23. The zero-order valence-electron chi connectivity index (χ0n) is 26.9. The number of urea groups is 1. The van der Waals surface area contributed by atoms with Gasteiger partial charge in [0, 0.05) is 36.7 Å². The van der Waals surface area contributed by atoms with Crippen molar-refractivity contribution in [3.05, 3.63) is 65.2 Å². The Balaban J connectivity index is 1.17. The van der Waals surface area contributed by atoms with E-state index in [1.54, 1.807) is 21.9 Å². The maximum atomic E-state index is 15.5. The van der Waals surface area contributed by atoms with Gasteiger partial charge in [-0.3, -0.25) is 9.59 Å². The van der Waals surface area contributed by atoms with Crippen molar-refractivity contribution in [2.75, 3.05) is 25.0 Å². The van der Waals surface area contributed by atoms with E-state index in [0.717, 1.165) is 25.3 Å². The molecule has 2 aromatic carbocycles. The number of nitrogens with zero attached hydrogens (tertiary/aromatic N) is 2. The lowest BCUT2D eigenvalue weighted by molar-refractivity contribution is -0.137. The first-order valence-corrected chi connectivity index (χ1v) is 16.6. The van der Waals surface area contributed by atoms with Crippen molar-refractivity contribution in [2.45, 2.75) is 90.6 Å². The van der Waals surface area contributed by atoms with Gasteiger partial charge in [-0.1, -0.05) is 26.0 Å². The van der Waals surface area contributed by atoms with E-state index < -0.39 is 29.6 Å². The molecule has 4 unspecified atom stereocenters. The van der Waals surface area contributed by atoms with Crippen LogP contribution in [0.15, 0.2) is 42.5 Å². The van der Waals surface area contributed by atoms with Gasteiger partial charge in [0.25, 0.3) is 5.91 Å². The fourth-order valence-corrected chi connectivity index (χ4v) is 10.2. The molecule has 2 N–H and O–H groups in total. The molecule has 242 valence electrons. The minimum Gasteiger partial charge on any atom is -0.343 e. The number of hydrogen-bond acceptors (Lipinski definition) is 3. The van der Waals surface area contributed by atoms with Gasteiger partial charge < -0.3 is 20.4 Å². The molecule has 7 rings (SSSR count). The molecule has 1 heterocycles. The fourth-order valence-electron chi connectivity index (χ4n) is 10.2. The van der Waals surface area contributed by atoms with Gasteiger partial charge in [-0.2, -0.15) is 0 Å². The Morgan fingerprint density at radius 2 is 1.67 bits per heavy atom. The number of halogens is 2. The molecule has 2 aromatic rings. The summed E-state index contributed by atoms with van der Waals surface area (Å²) in [5.41, 5.74) is 0.926. The normalized spacial score (nSPS) is 31.9. The van der Waals surface area contributed by atoms with E-state index in [-0.39, 0.29) is 46.0 Å². The molecule has 5 fully saturated rings. The quantitative estimate of drug-likeness (QED) is 0.341. The summed E-state index contributed by atoms with van der Waals surface area (Å²) in [5, 5.41) is 5.95. The summed E-state index contributed by atoms with van der Waals surface area (Å²) in [7, 11) is 0. The number of anilines is 1. The Hall–Kier alpha value is -3.49. The van der Waals surface area contributed by atoms with Crippen molar-refractivity contribution in [3.63, 3.8) is 0 Å². The van der Waals surface area contributed by atoms with Gasteiger partial charge >= 0.3 is 6.03 Å². The lowest BCUT2D eigenvalue weighted by Gasteiger charge is -2.65. The number of rotatable bonds is 7. The molecule has 1 saturated heterocycles. The highest BCUT2D eigenvalue weighted by Crippen LogP contribution is 2.66. The first kappa shape index (κ1) is 31.5. The van der Waals surface area contributed by atoms with E-state index in [4.69, 9.17) is 0 Å². The summed E-state index contributed by atoms with van der Waals surface area (Å²) in [6.07, 6.45) is 7.28. The van der Waals surface area contributed by atoms with Gasteiger partial charge in [0.2, 0.25) is 5.91 Å². The predicted molar refractivity (Wildman–Crippen MR) is 170 cm³/mol. The van der Waals surface area contributed by atoms with Crippen LogP contribution in [0.2, 0.25) is 0 Å². The molecule has 4 bridgehead atoms. The number of carbonyl (C=O) groups is 3. The van der Waals surface area contributed by atoms with Crippen LogP contribution >= 0.6 is 0 Å². The van der Waals surface area contributed by atoms with Crippen LogP contribution < -0.4 is 10.6 Å². The highest BCUT2D eigenvalue weighted by atomic mass is 19.1. The minimum absolute atomic E-state index is 0.0106. The van der Waals surface area contributed by atoms with E-state index >= 15 is 4.39 Å². The topological polar surface area (TPSA) is 81.8 Å². The van der Waals surface area contributed by atoms with Gasteiger partial charge in [0.1, 0.15) is 11.6 Å². The lowest BCUT2D eigenvalue weighted by Crippen LogP contribution is -2.65. The molecule has 45 heavy (non-hydrogen) atoms. The van der Waals surface area contributed by atoms with Crippen LogP contribution in [0, 0.1) is 34.3 Å². The largest absolute Gasteiger partial charge is 0.343 e. The van der Waals surface area contributed by atoms with E-state index in [1.165, 1.54) is 43.5 Å². The first-order valence-electron chi connectivity index (χ1n) is 16.6. The second-order valence-electron chi connectivity index (χ2n) is 15.0. The standard InChI is InChI=1S/C36H46F2N4O3/c1-5-41(6-2)31(43)26-12-13-42(30(16-26)24-8-7-9-27(37)14-24)32(44)25-10-11-29(28(38)15-25)39-33(45)40-36-19-23-17-34(3,21-36)20-35(4,18-23)22-36/h7-11,14-15,23,26,30H,5-6,12-13,16-22H2,1-4H3,(H2,39,40,45)/t23?,26?,30?,34-,35+,36?. The maximum absolute atomic E-state index is 15.5. The van der Waals surface area contributed by atoms with E-state index in [9.17, 15) is 18.8 Å². The number of carbonyl (C=O) groups excluding carboxylic acids is 3. The Labute approximate surface area is 265 Å². The molecule has 0 aromatic heterocycles. The van der Waals surface area contributed by atoms with E-state index in [2.05, 4.69) is 24.5 Å². The smallest absolute Gasteiger partial charge is 0.319 e. The third-order valence-corrected chi connectivity index (χ3v) is 11.0. The average molecular weight is 621 g/mol. The van der Waals surface area contributed by atoms with Crippen LogP contribution in [0.25, 0.3) is 0 Å². The molecule has 4 amide bonds. The van der Waals surface area contributed by atoms with Crippen molar-refractivity contribution >= 4 is 23.5 Å². The van der Waals surface area contributed by atoms with Crippen LogP contribution in [-0.4, -0.2) is 52.8 Å². The molecule has 6 atom stereocenters. The molecule has 9 heteroatoms. The van der Waals surface area contributed by atoms with Crippen molar-refractivity contribution in [1.29, 1.82) is 0 Å². The Morgan fingerprint density at radius 3 is 2.29 bits per heavy atom. The summed E-state index contributed by atoms with van der Waals surface area (Å²) < 4.78 is 29.7. The van der Waals surface area contributed by atoms with Crippen molar-refractivity contribution in [1.82, 2.24) is 15.1 Å². The van der Waals surface area contributed by atoms with Gasteiger partial charge in [0.15, 0.2) is 0 Å². The second-order valence-corrected chi connectivity index (χ2v) is 15.0. The number of likely N-dealkylation sites (tertiary alicyclic amines) is 1. The number of benzene rings is 2. The molecule has 7 nitrogen and oxygen atoms in total. The molecule has 4 aliphatic carbocycles. The molecule has 4 saturated carbocycles. The Kier molecular flexibility index (Phi) is 8.19. The highest BCUT2D eigenvalue weighted by molar-refractivity contribution is 5.96. The van der Waals surface area contributed by atoms with Crippen LogP contribution in [0.5, 0.6) is 0 Å². The molecular weight excluding hydrogens is 574 g/mol. The van der Waals surface area contributed by atoms with Gasteiger partial charge in [-0.25, -0.2) is 13.6 Å². The zero-order chi connectivity index (χ0) is 32.1. The van der Waals surface area contributed by atoms with Gasteiger partial charge in [0.05, 0.1) is 11.7 Å². The molecule has 1 aliphatic heterocycles. The van der Waals surface area contributed by atoms with Crippen LogP contribution in [0.1, 0.15) is 101 Å². The monoisotopic (exact) mass is 620 g/mol. The molecule has 5 aliphatic rings. The van der Waals surface area contributed by atoms with Gasteiger partial charge in [-0.15, -0.1) is 0 Å². The lowest BCUT2D eigenvalue weighted by atomic mass is 9.43. The summed E-state index contributed by atoms with van der Waals surface area (Å²) >= 11 is 0. The third kappa shape index (κ3) is 6.19. The van der Waals surface area contributed by atoms with E-state index in [0.29, 0.717) is 37.4 Å². The Morgan fingerprint density at radius 1 is 0.956 bits per heavy atom. The van der Waals surface area contributed by atoms with Gasteiger partial charge in [-0.05, 0) is 118 Å². The number of amides is 4. The number of hydrogen-bond donors (Lipinski definition) is 2. The summed E-state index contributed by atoms with van der Waals surface area (Å²) in [5.74, 6) is -1.19. The molecule has 0 radical (unpaired) electrons. The highest BCUT2D eigenvalue weighted by Gasteiger charge is 2.60. The maximum Gasteiger partial charge on any atom is 0.319 e. The number of piperidine rings is 1. The number of nitrogens with one attached hydrogen (secondary N) is 2. The van der Waals surface area contributed by atoms with Crippen molar-refractivity contribution in [2.24, 2.45) is 22.7 Å². The van der Waals surface area contributed by atoms with E-state index in [1.807, 2.05) is 13.8 Å². The molecule has 0 spiro atoms. The predicted octanol–water partition coefficient (Wildman–Crippen LogP) is 7.30. The van der Waals surface area contributed by atoms with Crippen molar-refractivity contribution < 1.29 is 23.2 Å². The first-order chi connectivity index (χ1) is 21.3. The Bertz CT molecular complexity index is 1470. The zero-order valence-corrected chi connectivity index (χ0v) is 26.9. The third-order valence-electron chi connectivity index (χ3n) is 11.0. The fraction of sp³-hybridized carbons (Fsp3) is 0.583. The van der Waals surface area contributed by atoms with Crippen LogP contribution in [0.4, 0.5) is 19.3 Å².